The molecule has 2 aliphatic rings. The van der Waals surface area contributed by atoms with Gasteiger partial charge in [0.15, 0.2) is 0 Å². The zero-order valence-electron chi connectivity index (χ0n) is 18.5. The molecule has 11 heteroatoms. The van der Waals surface area contributed by atoms with Crippen LogP contribution in [0.2, 0.25) is 0 Å². The predicted molar refractivity (Wildman–Crippen MR) is 119 cm³/mol. The molecule has 1 N–H and O–H groups in total. The van der Waals surface area contributed by atoms with E-state index in [1.165, 1.54) is 55.6 Å². The SMILES string of the molecule is CN(C(=O)N1CC(c2ccc(F)cc2)=C(c2ccccc2F)N1)c1ccc2c(c1)C(F)(F)C(F)(F)O2. The number of hydrogen-bond donors (Lipinski definition) is 1. The molecule has 2 heterocycles. The summed E-state index contributed by atoms with van der Waals surface area (Å²) in [6.45, 7) is -0.0826. The van der Waals surface area contributed by atoms with Crippen molar-refractivity contribution in [3.05, 3.63) is 95.1 Å². The Morgan fingerprint density at radius 3 is 2.39 bits per heavy atom. The van der Waals surface area contributed by atoms with E-state index in [0.29, 0.717) is 11.1 Å². The number of rotatable bonds is 3. The van der Waals surface area contributed by atoms with Crippen LogP contribution in [0.1, 0.15) is 16.7 Å². The van der Waals surface area contributed by atoms with E-state index in [9.17, 15) is 31.1 Å². The van der Waals surface area contributed by atoms with E-state index in [1.54, 1.807) is 6.07 Å². The van der Waals surface area contributed by atoms with E-state index < -0.39 is 41.0 Å². The fraction of sp³-hybridized carbons (Fsp3) is 0.160. The number of halogens is 6. The largest absolute Gasteiger partial charge is 0.469 e. The summed E-state index contributed by atoms with van der Waals surface area (Å²) >= 11 is 0. The Balaban J connectivity index is 1.46. The molecule has 5 nitrogen and oxygen atoms in total. The highest BCUT2D eigenvalue weighted by Gasteiger charge is 2.66. The van der Waals surface area contributed by atoms with Gasteiger partial charge in [0.2, 0.25) is 0 Å². The number of anilines is 1. The third kappa shape index (κ3) is 3.71. The average molecular weight is 505 g/mol. The smallest absolute Gasteiger partial charge is 0.427 e. The molecule has 0 unspecified atom stereocenters. The number of urea groups is 1. The molecule has 2 amide bonds. The van der Waals surface area contributed by atoms with Crippen molar-refractivity contribution in [3.8, 4) is 5.75 Å². The lowest BCUT2D eigenvalue weighted by Crippen LogP contribution is -2.45. The molecule has 5 rings (SSSR count). The normalized spacial score (nSPS) is 17.5. The number of nitrogens with zero attached hydrogens (tertiary/aromatic N) is 2. The first-order valence-electron chi connectivity index (χ1n) is 10.6. The van der Waals surface area contributed by atoms with Crippen LogP contribution in [0.3, 0.4) is 0 Å². The van der Waals surface area contributed by atoms with Crippen molar-refractivity contribution < 1.29 is 35.9 Å². The lowest BCUT2D eigenvalue weighted by atomic mass is 10.0. The molecule has 0 fully saturated rings. The third-order valence-electron chi connectivity index (χ3n) is 6.01. The molecule has 0 aliphatic carbocycles. The van der Waals surface area contributed by atoms with E-state index in [4.69, 9.17) is 0 Å². The van der Waals surface area contributed by atoms with Gasteiger partial charge in [0.05, 0.1) is 17.8 Å². The summed E-state index contributed by atoms with van der Waals surface area (Å²) in [4.78, 5) is 14.2. The number of amides is 2. The van der Waals surface area contributed by atoms with E-state index >= 15 is 0 Å². The van der Waals surface area contributed by atoms with Crippen LogP contribution in [-0.2, 0) is 5.92 Å². The molecule has 0 bridgehead atoms. The summed E-state index contributed by atoms with van der Waals surface area (Å²) in [6.07, 6.45) is -4.71. The van der Waals surface area contributed by atoms with Gasteiger partial charge >= 0.3 is 18.1 Å². The molecule has 3 aromatic rings. The van der Waals surface area contributed by atoms with Crippen LogP contribution in [-0.4, -0.2) is 30.7 Å². The standard InChI is InChI=1S/C25H17F6N3O2/c1-33(16-10-11-21-19(12-16)24(28,29)25(30,31)36-21)23(35)34-13-18(14-6-8-15(26)9-7-14)22(32-34)17-4-2-3-5-20(17)27/h2-12,32H,13H2,1H3. The second kappa shape index (κ2) is 8.21. The molecule has 0 atom stereocenters. The second-order valence-corrected chi connectivity index (χ2v) is 8.25. The minimum Gasteiger partial charge on any atom is -0.427 e. The highest BCUT2D eigenvalue weighted by atomic mass is 19.3. The Kier molecular flexibility index (Phi) is 5.38. The Morgan fingerprint density at radius 1 is 1.00 bits per heavy atom. The van der Waals surface area contributed by atoms with Crippen LogP contribution in [0.25, 0.3) is 11.3 Å². The molecule has 186 valence electrons. The van der Waals surface area contributed by atoms with Gasteiger partial charge in [-0.25, -0.2) is 18.6 Å². The van der Waals surface area contributed by atoms with Gasteiger partial charge in [-0.15, -0.1) is 0 Å². The van der Waals surface area contributed by atoms with Crippen LogP contribution in [0, 0.1) is 11.6 Å². The van der Waals surface area contributed by atoms with Gasteiger partial charge in [0.1, 0.15) is 17.4 Å². The van der Waals surface area contributed by atoms with Gasteiger partial charge in [-0.05, 0) is 48.0 Å². The molecule has 2 aliphatic heterocycles. The van der Waals surface area contributed by atoms with Gasteiger partial charge in [-0.1, -0.05) is 24.3 Å². The van der Waals surface area contributed by atoms with Gasteiger partial charge in [-0.2, -0.15) is 17.6 Å². The molecule has 3 aromatic carbocycles. The highest BCUT2D eigenvalue weighted by Crippen LogP contribution is 2.54. The molecule has 0 aromatic heterocycles. The Hall–Kier alpha value is -4.15. The number of alkyl halides is 4. The van der Waals surface area contributed by atoms with E-state index in [2.05, 4.69) is 10.2 Å². The summed E-state index contributed by atoms with van der Waals surface area (Å²) in [6, 6.07) is 13.4. The number of carbonyl (C=O) groups excluding carboxylic acids is 1. The van der Waals surface area contributed by atoms with Gasteiger partial charge in [0.25, 0.3) is 0 Å². The van der Waals surface area contributed by atoms with Crippen LogP contribution < -0.4 is 15.1 Å². The average Bonchev–Trinajstić information content (AvgIpc) is 3.35. The summed E-state index contributed by atoms with van der Waals surface area (Å²) < 4.78 is 87.6. The summed E-state index contributed by atoms with van der Waals surface area (Å²) in [5.74, 6) is -6.31. The number of nitrogens with one attached hydrogen (secondary N) is 1. The maximum Gasteiger partial charge on any atom is 0.469 e. The molecule has 0 spiro atoms. The number of hydrazine groups is 1. The fourth-order valence-corrected chi connectivity index (χ4v) is 4.08. The van der Waals surface area contributed by atoms with Crippen molar-refractivity contribution in [2.45, 2.75) is 12.0 Å². The summed E-state index contributed by atoms with van der Waals surface area (Å²) in [5.41, 5.74) is 3.12. The Bertz CT molecular complexity index is 1390. The van der Waals surface area contributed by atoms with Crippen molar-refractivity contribution in [2.75, 3.05) is 18.5 Å². The zero-order valence-corrected chi connectivity index (χ0v) is 18.5. The Labute approximate surface area is 201 Å². The Morgan fingerprint density at radius 2 is 1.69 bits per heavy atom. The lowest BCUT2D eigenvalue weighted by Gasteiger charge is -2.26. The maximum atomic E-state index is 14.6. The number of hydrogen-bond acceptors (Lipinski definition) is 3. The molecule has 0 saturated heterocycles. The molecule has 0 saturated carbocycles. The minimum atomic E-state index is -4.71. The summed E-state index contributed by atoms with van der Waals surface area (Å²) in [5, 5.41) is 1.11. The quantitative estimate of drug-likeness (QED) is 0.445. The fourth-order valence-electron chi connectivity index (χ4n) is 4.08. The maximum absolute atomic E-state index is 14.6. The van der Waals surface area contributed by atoms with Crippen LogP contribution in [0.4, 0.5) is 36.8 Å². The van der Waals surface area contributed by atoms with Crippen molar-refractivity contribution >= 4 is 23.0 Å². The number of ether oxygens (including phenoxy) is 1. The molecular weight excluding hydrogens is 488 g/mol. The lowest BCUT2D eigenvalue weighted by molar-refractivity contribution is -0.296. The number of carbonyl (C=O) groups is 1. The molecule has 36 heavy (non-hydrogen) atoms. The monoisotopic (exact) mass is 505 g/mol. The minimum absolute atomic E-state index is 0.0826. The number of fused-ring (bicyclic) bond motifs is 1. The van der Waals surface area contributed by atoms with E-state index in [1.807, 2.05) is 0 Å². The first-order chi connectivity index (χ1) is 17.0. The van der Waals surface area contributed by atoms with Crippen molar-refractivity contribution in [1.82, 2.24) is 10.4 Å². The zero-order chi connectivity index (χ0) is 25.8. The van der Waals surface area contributed by atoms with E-state index in [-0.39, 0.29) is 23.5 Å². The second-order valence-electron chi connectivity index (χ2n) is 8.25. The predicted octanol–water partition coefficient (Wildman–Crippen LogP) is 5.99. The van der Waals surface area contributed by atoms with Gasteiger partial charge in [-0.3, -0.25) is 10.3 Å². The van der Waals surface area contributed by atoms with Crippen molar-refractivity contribution in [2.24, 2.45) is 0 Å². The highest BCUT2D eigenvalue weighted by molar-refractivity contribution is 5.99. The topological polar surface area (TPSA) is 44.8 Å². The molecular formula is C25H17F6N3O2. The van der Waals surface area contributed by atoms with Crippen molar-refractivity contribution in [3.63, 3.8) is 0 Å². The number of benzene rings is 3. The first kappa shape index (κ1) is 23.6. The van der Waals surface area contributed by atoms with Crippen LogP contribution in [0.15, 0.2) is 66.7 Å². The van der Waals surface area contributed by atoms with Crippen molar-refractivity contribution in [1.29, 1.82) is 0 Å². The third-order valence-corrected chi connectivity index (χ3v) is 6.01. The summed E-state index contributed by atoms with van der Waals surface area (Å²) in [7, 11) is 1.27. The van der Waals surface area contributed by atoms with E-state index in [0.717, 1.165) is 22.0 Å². The van der Waals surface area contributed by atoms with Gasteiger partial charge in [0, 0.05) is 23.9 Å². The first-order valence-corrected chi connectivity index (χ1v) is 10.6. The molecule has 0 radical (unpaired) electrons. The van der Waals surface area contributed by atoms with Gasteiger partial charge < -0.3 is 4.74 Å². The van der Waals surface area contributed by atoms with Crippen LogP contribution in [0.5, 0.6) is 5.75 Å². The van der Waals surface area contributed by atoms with Crippen LogP contribution >= 0.6 is 0 Å².